The topological polar surface area (TPSA) is 59.0 Å². The van der Waals surface area contributed by atoms with Crippen LogP contribution in [0.4, 0.5) is 4.39 Å². The van der Waals surface area contributed by atoms with Gasteiger partial charge in [0.2, 0.25) is 5.91 Å². The van der Waals surface area contributed by atoms with Gasteiger partial charge in [-0.25, -0.2) is 9.37 Å². The number of imidazole rings is 1. The highest BCUT2D eigenvalue weighted by atomic mass is 19.1. The lowest BCUT2D eigenvalue weighted by molar-refractivity contribution is -0.122. The van der Waals surface area contributed by atoms with E-state index in [2.05, 4.69) is 22.5 Å². The molecule has 0 radical (unpaired) electrons. The zero-order chi connectivity index (χ0) is 18.5. The molecule has 1 fully saturated rings. The van der Waals surface area contributed by atoms with Crippen LogP contribution in [-0.4, -0.2) is 28.5 Å². The van der Waals surface area contributed by atoms with Crippen LogP contribution in [0.25, 0.3) is 5.69 Å². The summed E-state index contributed by atoms with van der Waals surface area (Å²) >= 11 is 0. The van der Waals surface area contributed by atoms with Gasteiger partial charge in [0.25, 0.3) is 0 Å². The number of amides is 1. The number of benzene rings is 1. The Hall–Kier alpha value is -2.21. The average molecular weight is 358 g/mol. The van der Waals surface area contributed by atoms with Gasteiger partial charge in [-0.3, -0.25) is 4.79 Å². The van der Waals surface area contributed by atoms with Crippen LogP contribution in [0.1, 0.15) is 37.6 Å². The molecule has 1 aromatic heterocycles. The summed E-state index contributed by atoms with van der Waals surface area (Å²) in [4.78, 5) is 16.3. The number of nitrogens with zero attached hydrogens (tertiary/aromatic N) is 2. The van der Waals surface area contributed by atoms with Crippen LogP contribution in [0.2, 0.25) is 0 Å². The maximum Gasteiger partial charge on any atom is 0.220 e. The molecule has 0 aliphatic carbocycles. The Bertz CT molecular complexity index is 752. The average Bonchev–Trinajstić information content (AvgIpc) is 3.06. The lowest BCUT2D eigenvalue weighted by Gasteiger charge is -2.28. The highest BCUT2D eigenvalue weighted by Gasteiger charge is 2.21. The van der Waals surface area contributed by atoms with Crippen molar-refractivity contribution in [1.29, 1.82) is 0 Å². The number of halogens is 1. The van der Waals surface area contributed by atoms with Gasteiger partial charge in [0.1, 0.15) is 11.6 Å². The number of carbonyl (C=O) groups is 1. The molecular weight excluding hydrogens is 331 g/mol. The van der Waals surface area contributed by atoms with Crippen molar-refractivity contribution in [2.24, 2.45) is 11.8 Å². The van der Waals surface area contributed by atoms with Gasteiger partial charge >= 0.3 is 0 Å². The maximum atomic E-state index is 14.4. The summed E-state index contributed by atoms with van der Waals surface area (Å²) in [6.07, 6.45) is 6.25. The maximum absolute atomic E-state index is 14.4. The first-order valence-electron chi connectivity index (χ1n) is 9.30. The van der Waals surface area contributed by atoms with E-state index in [9.17, 15) is 9.18 Å². The molecule has 1 aliphatic rings. The van der Waals surface area contributed by atoms with Gasteiger partial charge in [-0.05, 0) is 62.4 Å². The minimum Gasteiger partial charge on any atom is -0.352 e. The Morgan fingerprint density at radius 1 is 1.50 bits per heavy atom. The molecule has 6 heteroatoms. The van der Waals surface area contributed by atoms with Gasteiger partial charge in [-0.1, -0.05) is 13.0 Å². The first-order chi connectivity index (χ1) is 12.5. The zero-order valence-electron chi connectivity index (χ0n) is 15.5. The molecule has 5 nitrogen and oxygen atoms in total. The lowest BCUT2D eigenvalue weighted by atomic mass is 9.85. The molecule has 2 heterocycles. The fraction of sp³-hybridized carbons (Fsp3) is 0.500. The highest BCUT2D eigenvalue weighted by molar-refractivity contribution is 5.76. The van der Waals surface area contributed by atoms with E-state index < -0.39 is 0 Å². The lowest BCUT2D eigenvalue weighted by Crippen LogP contribution is -2.35. The smallest absolute Gasteiger partial charge is 0.220 e. The molecule has 140 valence electrons. The van der Waals surface area contributed by atoms with E-state index in [4.69, 9.17) is 0 Å². The van der Waals surface area contributed by atoms with Gasteiger partial charge in [-0.15, -0.1) is 0 Å². The summed E-state index contributed by atoms with van der Waals surface area (Å²) in [5.41, 5.74) is 1.22. The van der Waals surface area contributed by atoms with E-state index >= 15 is 0 Å². The highest BCUT2D eigenvalue weighted by Crippen LogP contribution is 2.22. The van der Waals surface area contributed by atoms with Crippen molar-refractivity contribution in [3.8, 4) is 5.69 Å². The van der Waals surface area contributed by atoms with Crippen LogP contribution in [-0.2, 0) is 11.3 Å². The third-order valence-corrected chi connectivity index (χ3v) is 5.23. The second-order valence-electron chi connectivity index (χ2n) is 7.19. The first kappa shape index (κ1) is 18.6. The van der Waals surface area contributed by atoms with E-state index in [1.165, 1.54) is 18.9 Å². The minimum atomic E-state index is -0.320. The second-order valence-corrected chi connectivity index (χ2v) is 7.19. The summed E-state index contributed by atoms with van der Waals surface area (Å²) in [6, 6.07) is 5.04. The van der Waals surface area contributed by atoms with Crippen LogP contribution in [0.3, 0.4) is 0 Å². The quantitative estimate of drug-likeness (QED) is 0.835. The van der Waals surface area contributed by atoms with Crippen LogP contribution >= 0.6 is 0 Å². The van der Waals surface area contributed by atoms with E-state index in [1.54, 1.807) is 23.0 Å². The Balaban J connectivity index is 1.53. The van der Waals surface area contributed by atoms with Crippen molar-refractivity contribution in [2.75, 3.05) is 13.1 Å². The zero-order valence-corrected chi connectivity index (χ0v) is 15.5. The molecule has 1 saturated heterocycles. The van der Waals surface area contributed by atoms with Crippen molar-refractivity contribution in [2.45, 2.75) is 39.7 Å². The van der Waals surface area contributed by atoms with Crippen molar-refractivity contribution < 1.29 is 9.18 Å². The predicted octanol–water partition coefficient (Wildman–Crippen LogP) is 2.96. The molecule has 2 unspecified atom stereocenters. The standard InChI is InChI=1S/C20H27FN4O/c1-14(17-4-3-7-22-13-17)10-20(26)24-12-16-5-6-19(18(21)11-16)25-9-8-23-15(25)2/h5-6,8-9,11,14,17,22H,3-4,7,10,12-13H2,1-2H3,(H,24,26). The molecule has 1 aromatic carbocycles. The molecular formula is C20H27FN4O. The summed E-state index contributed by atoms with van der Waals surface area (Å²) < 4.78 is 16.1. The van der Waals surface area contributed by atoms with Gasteiger partial charge in [-0.2, -0.15) is 0 Å². The van der Waals surface area contributed by atoms with Crippen LogP contribution in [0.15, 0.2) is 30.6 Å². The van der Waals surface area contributed by atoms with E-state index in [0.29, 0.717) is 30.5 Å². The van der Waals surface area contributed by atoms with Crippen LogP contribution < -0.4 is 10.6 Å². The number of piperidine rings is 1. The molecule has 1 amide bonds. The summed E-state index contributed by atoms with van der Waals surface area (Å²) in [7, 11) is 0. The number of rotatable bonds is 6. The van der Waals surface area contributed by atoms with Crippen molar-refractivity contribution >= 4 is 5.91 Å². The molecule has 3 rings (SSSR count). The first-order valence-corrected chi connectivity index (χ1v) is 9.30. The fourth-order valence-corrected chi connectivity index (χ4v) is 3.58. The Morgan fingerprint density at radius 3 is 3.00 bits per heavy atom. The number of carbonyl (C=O) groups excluding carboxylic acids is 1. The molecule has 0 spiro atoms. The fourth-order valence-electron chi connectivity index (χ4n) is 3.58. The van der Waals surface area contributed by atoms with E-state index in [-0.39, 0.29) is 11.7 Å². The SMILES string of the molecule is Cc1nccn1-c1ccc(CNC(=O)CC(C)C2CCCNC2)cc1F. The van der Waals surface area contributed by atoms with Crippen molar-refractivity contribution in [3.05, 3.63) is 47.8 Å². The largest absolute Gasteiger partial charge is 0.352 e. The third-order valence-electron chi connectivity index (χ3n) is 5.23. The Labute approximate surface area is 154 Å². The number of aromatic nitrogens is 2. The summed E-state index contributed by atoms with van der Waals surface area (Å²) in [5, 5.41) is 6.31. The summed E-state index contributed by atoms with van der Waals surface area (Å²) in [5.74, 6) is 1.35. The van der Waals surface area contributed by atoms with Crippen LogP contribution in [0, 0.1) is 24.6 Å². The number of nitrogens with one attached hydrogen (secondary N) is 2. The Morgan fingerprint density at radius 2 is 2.35 bits per heavy atom. The van der Waals surface area contributed by atoms with Gasteiger partial charge in [0.15, 0.2) is 0 Å². The molecule has 2 N–H and O–H groups in total. The second kappa shape index (κ2) is 8.45. The summed E-state index contributed by atoms with van der Waals surface area (Å²) in [6.45, 7) is 6.38. The third kappa shape index (κ3) is 4.49. The molecule has 2 aromatic rings. The van der Waals surface area contributed by atoms with Crippen molar-refractivity contribution in [3.63, 3.8) is 0 Å². The van der Waals surface area contributed by atoms with Crippen molar-refractivity contribution in [1.82, 2.24) is 20.2 Å². The molecule has 0 bridgehead atoms. The number of aryl methyl sites for hydroxylation is 1. The van der Waals surface area contributed by atoms with Gasteiger partial charge in [0, 0.05) is 25.4 Å². The number of hydrogen-bond donors (Lipinski definition) is 2. The van der Waals surface area contributed by atoms with Gasteiger partial charge < -0.3 is 15.2 Å². The molecule has 2 atom stereocenters. The molecule has 0 saturated carbocycles. The van der Waals surface area contributed by atoms with Gasteiger partial charge in [0.05, 0.1) is 5.69 Å². The predicted molar refractivity (Wildman–Crippen MR) is 99.5 cm³/mol. The molecule has 1 aliphatic heterocycles. The van der Waals surface area contributed by atoms with Crippen LogP contribution in [0.5, 0.6) is 0 Å². The Kier molecular flexibility index (Phi) is 6.04. The number of hydrogen-bond acceptors (Lipinski definition) is 3. The normalized spacial score (nSPS) is 18.5. The van der Waals surface area contributed by atoms with E-state index in [0.717, 1.165) is 24.5 Å². The van der Waals surface area contributed by atoms with E-state index in [1.807, 2.05) is 13.0 Å². The minimum absolute atomic E-state index is 0.0259. The monoisotopic (exact) mass is 358 g/mol. The molecule has 26 heavy (non-hydrogen) atoms.